The van der Waals surface area contributed by atoms with Gasteiger partial charge in [0.15, 0.2) is 0 Å². The zero-order chi connectivity index (χ0) is 13.1. The van der Waals surface area contributed by atoms with Crippen LogP contribution in [0.15, 0.2) is 42.5 Å². The first-order valence-corrected chi connectivity index (χ1v) is 7.55. The van der Waals surface area contributed by atoms with E-state index in [-0.39, 0.29) is 11.9 Å². The number of hydrogen-bond donors (Lipinski definition) is 2. The number of amides is 1. The van der Waals surface area contributed by atoms with Crippen LogP contribution in [0, 0.1) is 0 Å². The van der Waals surface area contributed by atoms with Gasteiger partial charge < -0.3 is 5.32 Å². The summed E-state index contributed by atoms with van der Waals surface area (Å²) < 4.78 is 0. The van der Waals surface area contributed by atoms with E-state index in [0.29, 0.717) is 6.54 Å². The molecule has 2 aromatic rings. The second kappa shape index (κ2) is 5.63. The number of nitrogens with one attached hydrogen (secondary N) is 2. The summed E-state index contributed by atoms with van der Waals surface area (Å²) in [5.41, 5.74) is 1.14. The van der Waals surface area contributed by atoms with Gasteiger partial charge in [-0.25, -0.2) is 0 Å². The number of thioether (sulfide) groups is 1. The number of hydrogen-bond acceptors (Lipinski definition) is 3. The molecule has 2 aromatic carbocycles. The minimum Gasteiger partial charge on any atom is -0.351 e. The quantitative estimate of drug-likeness (QED) is 0.899. The van der Waals surface area contributed by atoms with Crippen molar-refractivity contribution >= 4 is 28.4 Å². The van der Waals surface area contributed by atoms with Gasteiger partial charge in [-0.3, -0.25) is 10.1 Å². The van der Waals surface area contributed by atoms with Crippen LogP contribution in [0.2, 0.25) is 0 Å². The Labute approximate surface area is 116 Å². The fourth-order valence-corrected chi connectivity index (χ4v) is 3.17. The highest BCUT2D eigenvalue weighted by atomic mass is 32.2. The van der Waals surface area contributed by atoms with Crippen LogP contribution in [-0.2, 0) is 11.3 Å². The van der Waals surface area contributed by atoms with E-state index in [1.807, 2.05) is 12.1 Å². The molecular formula is C15H16N2OS. The van der Waals surface area contributed by atoms with Crippen LogP contribution in [0.4, 0.5) is 0 Å². The standard InChI is InChI=1S/C15H16N2OS/c18-15(14-9-19-10-17-14)16-8-11-5-6-12-3-1-2-4-13(12)7-11/h1-7,14,17H,8-10H2,(H,16,18). The third-order valence-electron chi connectivity index (χ3n) is 3.31. The monoisotopic (exact) mass is 272 g/mol. The average Bonchev–Trinajstić information content (AvgIpc) is 2.99. The summed E-state index contributed by atoms with van der Waals surface area (Å²) in [7, 11) is 0. The smallest absolute Gasteiger partial charge is 0.238 e. The Bertz CT molecular complexity index is 593. The number of fused-ring (bicyclic) bond motifs is 1. The van der Waals surface area contributed by atoms with Gasteiger partial charge in [0, 0.05) is 18.2 Å². The van der Waals surface area contributed by atoms with Crippen molar-refractivity contribution < 1.29 is 4.79 Å². The van der Waals surface area contributed by atoms with Crippen molar-refractivity contribution in [3.05, 3.63) is 48.0 Å². The van der Waals surface area contributed by atoms with Gasteiger partial charge in [-0.1, -0.05) is 36.4 Å². The second-order valence-corrected chi connectivity index (χ2v) is 5.70. The molecule has 98 valence electrons. The lowest BCUT2D eigenvalue weighted by molar-refractivity contribution is -0.122. The highest BCUT2D eigenvalue weighted by molar-refractivity contribution is 7.99. The molecule has 1 aliphatic rings. The summed E-state index contributed by atoms with van der Waals surface area (Å²) in [4.78, 5) is 11.9. The van der Waals surface area contributed by atoms with Gasteiger partial charge in [-0.2, -0.15) is 0 Å². The molecule has 19 heavy (non-hydrogen) atoms. The first-order valence-electron chi connectivity index (χ1n) is 6.39. The van der Waals surface area contributed by atoms with Crippen LogP contribution < -0.4 is 10.6 Å². The molecule has 2 N–H and O–H groups in total. The predicted octanol–water partition coefficient (Wildman–Crippen LogP) is 2.12. The van der Waals surface area contributed by atoms with Gasteiger partial charge in [0.2, 0.25) is 5.91 Å². The summed E-state index contributed by atoms with van der Waals surface area (Å²) in [6, 6.07) is 14.5. The summed E-state index contributed by atoms with van der Waals surface area (Å²) in [5, 5.41) is 8.60. The van der Waals surface area contributed by atoms with E-state index < -0.39 is 0 Å². The molecule has 0 bridgehead atoms. The molecule has 1 amide bonds. The normalized spacial score (nSPS) is 18.6. The summed E-state index contributed by atoms with van der Waals surface area (Å²) >= 11 is 1.76. The Hall–Kier alpha value is -1.52. The Morgan fingerprint density at radius 3 is 2.89 bits per heavy atom. The Morgan fingerprint density at radius 1 is 1.26 bits per heavy atom. The molecule has 4 heteroatoms. The average molecular weight is 272 g/mol. The third-order valence-corrected chi connectivity index (χ3v) is 4.25. The first-order chi connectivity index (χ1) is 9.33. The SMILES string of the molecule is O=C(NCc1ccc2ccccc2c1)C1CSCN1. The van der Waals surface area contributed by atoms with Gasteiger partial charge in [0.1, 0.15) is 0 Å². The fourth-order valence-electron chi connectivity index (χ4n) is 2.22. The molecule has 0 radical (unpaired) electrons. The summed E-state index contributed by atoms with van der Waals surface area (Å²) in [5.74, 6) is 1.83. The number of rotatable bonds is 3. The topological polar surface area (TPSA) is 41.1 Å². The molecule has 1 aliphatic heterocycles. The maximum Gasteiger partial charge on any atom is 0.238 e. The first kappa shape index (κ1) is 12.5. The van der Waals surface area contributed by atoms with E-state index >= 15 is 0 Å². The van der Waals surface area contributed by atoms with Crippen molar-refractivity contribution in [1.82, 2.24) is 10.6 Å². The molecule has 3 nitrogen and oxygen atoms in total. The molecule has 1 fully saturated rings. The Kier molecular flexibility index (Phi) is 3.71. The van der Waals surface area contributed by atoms with Gasteiger partial charge in [-0.05, 0) is 22.4 Å². The van der Waals surface area contributed by atoms with E-state index in [1.54, 1.807) is 11.8 Å². The lowest BCUT2D eigenvalue weighted by Gasteiger charge is -2.11. The molecule has 1 saturated heterocycles. The zero-order valence-electron chi connectivity index (χ0n) is 10.6. The van der Waals surface area contributed by atoms with Crippen LogP contribution >= 0.6 is 11.8 Å². The molecule has 1 heterocycles. The molecule has 0 spiro atoms. The van der Waals surface area contributed by atoms with Crippen molar-refractivity contribution in [2.45, 2.75) is 12.6 Å². The molecule has 1 unspecified atom stereocenters. The van der Waals surface area contributed by atoms with E-state index in [9.17, 15) is 4.79 Å². The maximum absolute atomic E-state index is 11.9. The van der Waals surface area contributed by atoms with E-state index in [2.05, 4.69) is 41.0 Å². The van der Waals surface area contributed by atoms with Gasteiger partial charge in [0.05, 0.1) is 6.04 Å². The molecule has 0 aromatic heterocycles. The summed E-state index contributed by atoms with van der Waals surface area (Å²) in [6.07, 6.45) is 0. The zero-order valence-corrected chi connectivity index (χ0v) is 11.4. The predicted molar refractivity (Wildman–Crippen MR) is 80.0 cm³/mol. The van der Waals surface area contributed by atoms with Crippen LogP contribution in [0.5, 0.6) is 0 Å². The molecular weight excluding hydrogens is 256 g/mol. The third kappa shape index (κ3) is 2.91. The van der Waals surface area contributed by atoms with Crippen molar-refractivity contribution in [1.29, 1.82) is 0 Å². The van der Waals surface area contributed by atoms with Gasteiger partial charge >= 0.3 is 0 Å². The van der Waals surface area contributed by atoms with Crippen molar-refractivity contribution in [3.8, 4) is 0 Å². The largest absolute Gasteiger partial charge is 0.351 e. The molecule has 1 atom stereocenters. The van der Waals surface area contributed by atoms with Crippen LogP contribution in [0.25, 0.3) is 10.8 Å². The highest BCUT2D eigenvalue weighted by Crippen LogP contribution is 2.15. The fraction of sp³-hybridized carbons (Fsp3) is 0.267. The number of carbonyl (C=O) groups is 1. The Balaban J connectivity index is 1.66. The van der Waals surface area contributed by atoms with Crippen LogP contribution in [-0.4, -0.2) is 23.6 Å². The number of benzene rings is 2. The lowest BCUT2D eigenvalue weighted by atomic mass is 10.1. The minimum absolute atomic E-state index is 0.0366. The van der Waals surface area contributed by atoms with Crippen molar-refractivity contribution in [3.63, 3.8) is 0 Å². The van der Waals surface area contributed by atoms with E-state index in [4.69, 9.17) is 0 Å². The van der Waals surface area contributed by atoms with E-state index in [0.717, 1.165) is 17.2 Å². The second-order valence-electron chi connectivity index (χ2n) is 4.67. The van der Waals surface area contributed by atoms with Gasteiger partial charge in [0.25, 0.3) is 0 Å². The van der Waals surface area contributed by atoms with E-state index in [1.165, 1.54) is 10.8 Å². The molecule has 0 aliphatic carbocycles. The minimum atomic E-state index is -0.0366. The van der Waals surface area contributed by atoms with Crippen LogP contribution in [0.1, 0.15) is 5.56 Å². The maximum atomic E-state index is 11.9. The molecule has 3 rings (SSSR count). The number of carbonyl (C=O) groups excluding carboxylic acids is 1. The van der Waals surface area contributed by atoms with Gasteiger partial charge in [-0.15, -0.1) is 11.8 Å². The highest BCUT2D eigenvalue weighted by Gasteiger charge is 2.21. The lowest BCUT2D eigenvalue weighted by Crippen LogP contribution is -2.41. The Morgan fingerprint density at radius 2 is 2.11 bits per heavy atom. The van der Waals surface area contributed by atoms with Crippen molar-refractivity contribution in [2.75, 3.05) is 11.6 Å². The van der Waals surface area contributed by atoms with Crippen molar-refractivity contribution in [2.24, 2.45) is 0 Å². The summed E-state index contributed by atoms with van der Waals surface area (Å²) in [6.45, 7) is 0.590. The van der Waals surface area contributed by atoms with Crippen LogP contribution in [0.3, 0.4) is 0 Å². The molecule has 0 saturated carbocycles.